The number of benzene rings is 1. The summed E-state index contributed by atoms with van der Waals surface area (Å²) in [4.78, 5) is 14.1. The fraction of sp³-hybridized carbons (Fsp3) is 0.182. The largest absolute Gasteiger partial charge is 0.496 e. The number of rotatable bonds is 1. The summed E-state index contributed by atoms with van der Waals surface area (Å²) in [5, 5.41) is 1.60. The number of hydrogen-bond donors (Lipinski definition) is 1. The van der Waals surface area contributed by atoms with E-state index in [4.69, 9.17) is 4.74 Å². The molecule has 0 aliphatic rings. The van der Waals surface area contributed by atoms with Crippen LogP contribution in [-0.4, -0.2) is 12.1 Å². The van der Waals surface area contributed by atoms with Crippen molar-refractivity contribution in [1.29, 1.82) is 0 Å². The summed E-state index contributed by atoms with van der Waals surface area (Å²) in [5.74, 6) is 0.808. The van der Waals surface area contributed by atoms with Crippen molar-refractivity contribution in [2.45, 2.75) is 6.92 Å². The molecule has 0 aliphatic carbocycles. The van der Waals surface area contributed by atoms with Gasteiger partial charge in [0.25, 0.3) is 5.56 Å². The molecule has 2 rings (SSSR count). The normalized spacial score (nSPS) is 10.4. The first-order chi connectivity index (χ1) is 6.72. The van der Waals surface area contributed by atoms with Crippen LogP contribution in [0.4, 0.5) is 0 Å². The lowest BCUT2D eigenvalue weighted by Gasteiger charge is -2.05. The zero-order valence-corrected chi connectivity index (χ0v) is 8.13. The Morgan fingerprint density at radius 3 is 2.86 bits per heavy atom. The van der Waals surface area contributed by atoms with Gasteiger partial charge in [0.05, 0.1) is 7.11 Å². The molecule has 0 fully saturated rings. The number of aromatic amines is 1. The molecule has 3 heteroatoms. The van der Waals surface area contributed by atoms with Gasteiger partial charge in [-0.1, -0.05) is 0 Å². The molecular weight excluding hydrogens is 178 g/mol. The van der Waals surface area contributed by atoms with Crippen LogP contribution in [0.3, 0.4) is 0 Å². The van der Waals surface area contributed by atoms with Gasteiger partial charge in [-0.15, -0.1) is 0 Å². The van der Waals surface area contributed by atoms with Crippen LogP contribution in [0.15, 0.2) is 29.2 Å². The molecule has 0 bridgehead atoms. The zero-order valence-electron chi connectivity index (χ0n) is 8.13. The van der Waals surface area contributed by atoms with Gasteiger partial charge in [0.2, 0.25) is 0 Å². The molecule has 72 valence electrons. The Morgan fingerprint density at radius 2 is 2.14 bits per heavy atom. The third-order valence-electron chi connectivity index (χ3n) is 2.29. The first-order valence-corrected chi connectivity index (χ1v) is 4.38. The number of pyridine rings is 1. The molecule has 0 aliphatic heterocycles. The summed E-state index contributed by atoms with van der Waals surface area (Å²) in [6.07, 6.45) is 1.64. The molecule has 0 atom stereocenters. The van der Waals surface area contributed by atoms with Crippen LogP contribution >= 0.6 is 0 Å². The van der Waals surface area contributed by atoms with E-state index in [1.807, 2.05) is 25.1 Å². The molecule has 0 radical (unpaired) electrons. The number of H-pyrrole nitrogens is 1. The van der Waals surface area contributed by atoms with E-state index in [9.17, 15) is 4.79 Å². The smallest absolute Gasteiger partial charge is 0.255 e. The van der Waals surface area contributed by atoms with E-state index in [-0.39, 0.29) is 5.56 Å². The monoisotopic (exact) mass is 189 g/mol. The van der Waals surface area contributed by atoms with Crippen molar-refractivity contribution in [3.63, 3.8) is 0 Å². The highest BCUT2D eigenvalue weighted by Gasteiger charge is 2.03. The van der Waals surface area contributed by atoms with Gasteiger partial charge in [-0.3, -0.25) is 4.79 Å². The van der Waals surface area contributed by atoms with E-state index in [2.05, 4.69) is 4.98 Å². The maximum Gasteiger partial charge on any atom is 0.255 e. The van der Waals surface area contributed by atoms with Crippen molar-refractivity contribution < 1.29 is 4.74 Å². The quantitative estimate of drug-likeness (QED) is 0.743. The van der Waals surface area contributed by atoms with E-state index in [1.165, 1.54) is 0 Å². The minimum atomic E-state index is -0.0618. The molecule has 0 unspecified atom stereocenters. The van der Waals surface area contributed by atoms with Crippen molar-refractivity contribution in [3.05, 3.63) is 40.3 Å². The van der Waals surface area contributed by atoms with Crippen molar-refractivity contribution in [1.82, 2.24) is 4.98 Å². The Kier molecular flexibility index (Phi) is 2.00. The van der Waals surface area contributed by atoms with Gasteiger partial charge in [-0.2, -0.15) is 0 Å². The summed E-state index contributed by atoms with van der Waals surface area (Å²) in [6, 6.07) is 5.57. The van der Waals surface area contributed by atoms with Crippen molar-refractivity contribution >= 4 is 10.8 Å². The van der Waals surface area contributed by atoms with Crippen LogP contribution in [0.25, 0.3) is 10.8 Å². The Balaban J connectivity index is 2.86. The highest BCUT2D eigenvalue weighted by Crippen LogP contribution is 2.22. The van der Waals surface area contributed by atoms with Crippen LogP contribution < -0.4 is 10.3 Å². The maximum atomic E-state index is 11.4. The van der Waals surface area contributed by atoms with E-state index in [0.29, 0.717) is 5.39 Å². The molecule has 1 aromatic carbocycles. The van der Waals surface area contributed by atoms with Crippen molar-refractivity contribution in [3.8, 4) is 5.75 Å². The highest BCUT2D eigenvalue weighted by atomic mass is 16.5. The van der Waals surface area contributed by atoms with Gasteiger partial charge in [0.15, 0.2) is 0 Å². The van der Waals surface area contributed by atoms with Gasteiger partial charge in [0, 0.05) is 11.6 Å². The second kappa shape index (κ2) is 3.18. The van der Waals surface area contributed by atoms with Gasteiger partial charge < -0.3 is 9.72 Å². The van der Waals surface area contributed by atoms with Gasteiger partial charge in [0.1, 0.15) is 5.75 Å². The number of aromatic nitrogens is 1. The first kappa shape index (κ1) is 8.81. The number of nitrogens with one attached hydrogen (secondary N) is 1. The lowest BCUT2D eigenvalue weighted by atomic mass is 10.1. The number of fused-ring (bicyclic) bond motifs is 1. The van der Waals surface area contributed by atoms with E-state index < -0.39 is 0 Å². The first-order valence-electron chi connectivity index (χ1n) is 4.38. The Labute approximate surface area is 81.3 Å². The van der Waals surface area contributed by atoms with Crippen LogP contribution in [0, 0.1) is 6.92 Å². The molecular formula is C11H11NO2. The summed E-state index contributed by atoms with van der Waals surface area (Å²) in [6.45, 7) is 1.92. The molecule has 2 aromatic rings. The Morgan fingerprint density at radius 1 is 1.36 bits per heavy atom. The van der Waals surface area contributed by atoms with Gasteiger partial charge in [-0.05, 0) is 36.1 Å². The molecule has 14 heavy (non-hydrogen) atoms. The standard InChI is InChI=1S/C11H11NO2/c1-7-5-9-8(6-10(7)14-2)3-4-12-11(9)13/h3-6H,1-2H3,(H,12,13). The lowest BCUT2D eigenvalue weighted by Crippen LogP contribution is -2.04. The minimum absolute atomic E-state index is 0.0618. The lowest BCUT2D eigenvalue weighted by molar-refractivity contribution is 0.412. The SMILES string of the molecule is COc1cc2cc[nH]c(=O)c2cc1C. The molecule has 3 nitrogen and oxygen atoms in total. The second-order valence-electron chi connectivity index (χ2n) is 3.22. The fourth-order valence-electron chi connectivity index (χ4n) is 1.54. The number of methoxy groups -OCH3 is 1. The highest BCUT2D eigenvalue weighted by molar-refractivity contribution is 5.83. The molecule has 0 amide bonds. The van der Waals surface area contributed by atoms with Crippen LogP contribution in [0.1, 0.15) is 5.56 Å². The number of ether oxygens (including phenoxy) is 1. The molecule has 1 aromatic heterocycles. The van der Waals surface area contributed by atoms with Gasteiger partial charge >= 0.3 is 0 Å². The molecule has 0 saturated carbocycles. The molecule has 0 spiro atoms. The van der Waals surface area contributed by atoms with Gasteiger partial charge in [-0.25, -0.2) is 0 Å². The molecule has 1 heterocycles. The maximum absolute atomic E-state index is 11.4. The molecule has 1 N–H and O–H groups in total. The predicted octanol–water partition coefficient (Wildman–Crippen LogP) is 1.85. The summed E-state index contributed by atoms with van der Waals surface area (Å²) >= 11 is 0. The van der Waals surface area contributed by atoms with Crippen molar-refractivity contribution in [2.75, 3.05) is 7.11 Å². The summed E-state index contributed by atoms with van der Waals surface area (Å²) in [7, 11) is 1.63. The third-order valence-corrected chi connectivity index (χ3v) is 2.29. The van der Waals surface area contributed by atoms with Crippen LogP contribution in [0.2, 0.25) is 0 Å². The fourth-order valence-corrected chi connectivity index (χ4v) is 1.54. The number of aryl methyl sites for hydroxylation is 1. The average Bonchev–Trinajstić information content (AvgIpc) is 2.19. The number of hydrogen-bond acceptors (Lipinski definition) is 2. The van der Waals surface area contributed by atoms with Crippen LogP contribution in [0.5, 0.6) is 5.75 Å². The van der Waals surface area contributed by atoms with Crippen LogP contribution in [-0.2, 0) is 0 Å². The van der Waals surface area contributed by atoms with E-state index >= 15 is 0 Å². The minimum Gasteiger partial charge on any atom is -0.496 e. The molecule has 0 saturated heterocycles. The van der Waals surface area contributed by atoms with Crippen molar-refractivity contribution in [2.24, 2.45) is 0 Å². The summed E-state index contributed by atoms with van der Waals surface area (Å²) in [5.41, 5.74) is 0.907. The zero-order chi connectivity index (χ0) is 10.1. The topological polar surface area (TPSA) is 42.1 Å². The Bertz CT molecular complexity index is 528. The third kappa shape index (κ3) is 1.27. The van der Waals surface area contributed by atoms with E-state index in [0.717, 1.165) is 16.7 Å². The second-order valence-corrected chi connectivity index (χ2v) is 3.22. The Hall–Kier alpha value is -1.77. The average molecular weight is 189 g/mol. The summed E-state index contributed by atoms with van der Waals surface area (Å²) < 4.78 is 5.18. The predicted molar refractivity (Wildman–Crippen MR) is 55.9 cm³/mol. The van der Waals surface area contributed by atoms with E-state index in [1.54, 1.807) is 13.3 Å².